The van der Waals surface area contributed by atoms with E-state index >= 15 is 0 Å². The van der Waals surface area contributed by atoms with Crippen molar-refractivity contribution in [2.24, 2.45) is 5.92 Å². The summed E-state index contributed by atoms with van der Waals surface area (Å²) in [6.45, 7) is 6.42. The molecule has 0 atom stereocenters. The average molecular weight is 294 g/mol. The number of thiophene rings is 1. The molecule has 0 bridgehead atoms. The van der Waals surface area contributed by atoms with Crippen LogP contribution in [0.2, 0.25) is 0 Å². The molecule has 0 unspecified atom stereocenters. The Bertz CT molecular complexity index is 557. The first kappa shape index (κ1) is 14.2. The summed E-state index contributed by atoms with van der Waals surface area (Å²) in [6.07, 6.45) is 3.75. The van der Waals surface area contributed by atoms with Gasteiger partial charge in [0.05, 0.1) is 5.56 Å². The molecule has 0 fully saturated rings. The Morgan fingerprint density at radius 1 is 1.47 bits per heavy atom. The first-order valence-electron chi connectivity index (χ1n) is 6.42. The van der Waals surface area contributed by atoms with E-state index in [9.17, 15) is 4.79 Å². The van der Waals surface area contributed by atoms with E-state index in [1.165, 1.54) is 4.88 Å². The topological polar surface area (TPSA) is 42.0 Å². The van der Waals surface area contributed by atoms with E-state index in [0.29, 0.717) is 11.0 Å². The van der Waals surface area contributed by atoms with E-state index in [0.717, 1.165) is 23.3 Å². The Hall–Kier alpha value is -1.20. The minimum Gasteiger partial charge on any atom is -0.298 e. The van der Waals surface area contributed by atoms with Crippen molar-refractivity contribution in [3.8, 4) is 0 Å². The summed E-state index contributed by atoms with van der Waals surface area (Å²) in [5, 5.41) is 5.53. The van der Waals surface area contributed by atoms with E-state index in [1.54, 1.807) is 22.7 Å². The molecule has 2 rings (SSSR count). The molecular formula is C14H18N2OS2. The van der Waals surface area contributed by atoms with Gasteiger partial charge < -0.3 is 0 Å². The Morgan fingerprint density at radius 3 is 2.95 bits per heavy atom. The number of aromatic nitrogens is 1. The van der Waals surface area contributed by atoms with Crippen LogP contribution in [0, 0.1) is 5.92 Å². The van der Waals surface area contributed by atoms with Gasteiger partial charge in [0.1, 0.15) is 0 Å². The minimum atomic E-state index is -0.0523. The van der Waals surface area contributed by atoms with Crippen LogP contribution in [0.4, 0.5) is 5.13 Å². The highest BCUT2D eigenvalue weighted by Crippen LogP contribution is 2.23. The summed E-state index contributed by atoms with van der Waals surface area (Å²) < 4.78 is 0. The van der Waals surface area contributed by atoms with Crippen LogP contribution >= 0.6 is 22.7 Å². The molecule has 19 heavy (non-hydrogen) atoms. The highest BCUT2D eigenvalue weighted by Gasteiger charge is 2.13. The van der Waals surface area contributed by atoms with Crippen molar-refractivity contribution in [1.82, 2.24) is 4.98 Å². The molecule has 0 saturated carbocycles. The molecule has 0 aliphatic heterocycles. The highest BCUT2D eigenvalue weighted by atomic mass is 32.1. The smallest absolute Gasteiger partial charge is 0.258 e. The number of rotatable bonds is 5. The van der Waals surface area contributed by atoms with Crippen LogP contribution in [-0.2, 0) is 12.8 Å². The average Bonchev–Trinajstić information content (AvgIpc) is 2.96. The summed E-state index contributed by atoms with van der Waals surface area (Å²) in [7, 11) is 0. The quantitative estimate of drug-likeness (QED) is 0.897. The molecule has 0 aliphatic carbocycles. The van der Waals surface area contributed by atoms with Crippen LogP contribution in [0.5, 0.6) is 0 Å². The Morgan fingerprint density at radius 2 is 2.26 bits per heavy atom. The fraction of sp³-hybridized carbons (Fsp3) is 0.429. The molecule has 5 heteroatoms. The van der Waals surface area contributed by atoms with Gasteiger partial charge in [-0.05, 0) is 30.2 Å². The Labute approximate surface area is 121 Å². The number of hydrogen-bond donors (Lipinski definition) is 1. The highest BCUT2D eigenvalue weighted by molar-refractivity contribution is 7.15. The number of thiazole rings is 1. The number of hydrogen-bond acceptors (Lipinski definition) is 4. The predicted molar refractivity (Wildman–Crippen MR) is 82.3 cm³/mol. The molecule has 102 valence electrons. The lowest BCUT2D eigenvalue weighted by atomic mass is 10.1. The largest absolute Gasteiger partial charge is 0.298 e. The van der Waals surface area contributed by atoms with Gasteiger partial charge in [0.15, 0.2) is 5.13 Å². The first-order chi connectivity index (χ1) is 9.10. The first-order valence-corrected chi connectivity index (χ1v) is 8.12. The summed E-state index contributed by atoms with van der Waals surface area (Å²) in [5.41, 5.74) is 0.771. The van der Waals surface area contributed by atoms with Crippen LogP contribution in [-0.4, -0.2) is 10.9 Å². The summed E-state index contributed by atoms with van der Waals surface area (Å²) in [4.78, 5) is 18.7. The molecule has 1 amide bonds. The van der Waals surface area contributed by atoms with E-state index in [4.69, 9.17) is 0 Å². The van der Waals surface area contributed by atoms with Crippen molar-refractivity contribution < 1.29 is 4.79 Å². The van der Waals surface area contributed by atoms with Crippen molar-refractivity contribution in [2.45, 2.75) is 33.6 Å². The normalized spacial score (nSPS) is 10.9. The predicted octanol–water partition coefficient (Wildman–Crippen LogP) is 4.22. The summed E-state index contributed by atoms with van der Waals surface area (Å²) in [6, 6.07) is 1.88. The van der Waals surface area contributed by atoms with Gasteiger partial charge in [0, 0.05) is 16.0 Å². The molecule has 2 aromatic heterocycles. The molecule has 0 aliphatic rings. The van der Waals surface area contributed by atoms with Crippen molar-refractivity contribution >= 4 is 33.7 Å². The number of anilines is 1. The van der Waals surface area contributed by atoms with Crippen LogP contribution in [0.3, 0.4) is 0 Å². The van der Waals surface area contributed by atoms with Gasteiger partial charge in [0.2, 0.25) is 0 Å². The number of nitrogens with one attached hydrogen (secondary N) is 1. The minimum absolute atomic E-state index is 0.0523. The third-order valence-electron chi connectivity index (χ3n) is 2.69. The van der Waals surface area contributed by atoms with Crippen molar-refractivity contribution in [3.05, 3.63) is 33.0 Å². The third-order valence-corrected chi connectivity index (χ3v) is 4.69. The molecule has 3 nitrogen and oxygen atoms in total. The third kappa shape index (κ3) is 3.64. The van der Waals surface area contributed by atoms with Gasteiger partial charge in [-0.2, -0.15) is 0 Å². The van der Waals surface area contributed by atoms with Crippen LogP contribution in [0.1, 0.15) is 40.9 Å². The van der Waals surface area contributed by atoms with E-state index < -0.39 is 0 Å². The summed E-state index contributed by atoms with van der Waals surface area (Å²) >= 11 is 3.18. The number of amides is 1. The van der Waals surface area contributed by atoms with Crippen LogP contribution in [0.15, 0.2) is 17.6 Å². The van der Waals surface area contributed by atoms with Gasteiger partial charge in [-0.15, -0.1) is 22.7 Å². The van der Waals surface area contributed by atoms with Crippen molar-refractivity contribution in [1.29, 1.82) is 0 Å². The molecule has 0 aromatic carbocycles. The van der Waals surface area contributed by atoms with Crippen molar-refractivity contribution in [3.63, 3.8) is 0 Å². The maximum atomic E-state index is 12.1. The van der Waals surface area contributed by atoms with Gasteiger partial charge in [-0.25, -0.2) is 4.98 Å². The number of carbonyl (C=O) groups is 1. The van der Waals surface area contributed by atoms with Crippen molar-refractivity contribution in [2.75, 3.05) is 5.32 Å². The summed E-state index contributed by atoms with van der Waals surface area (Å²) in [5.74, 6) is 0.552. The molecule has 0 radical (unpaired) electrons. The molecule has 1 N–H and O–H groups in total. The SMILES string of the molecule is CCc1sccc1C(=O)Nc1ncc(CC(C)C)s1. The standard InChI is InChI=1S/C14H18N2OS2/c1-4-12-11(5-6-18-12)13(17)16-14-15-8-10(19-14)7-9(2)3/h5-6,8-9H,4,7H2,1-3H3,(H,15,16,17). The Kier molecular flexibility index (Phi) is 4.71. The lowest BCUT2D eigenvalue weighted by Gasteiger charge is -2.02. The van der Waals surface area contributed by atoms with E-state index in [-0.39, 0.29) is 5.91 Å². The molecule has 2 aromatic rings. The zero-order valence-corrected chi connectivity index (χ0v) is 13.0. The fourth-order valence-corrected chi connectivity index (χ4v) is 3.69. The van der Waals surface area contributed by atoms with Crippen LogP contribution < -0.4 is 5.32 Å². The molecule has 2 heterocycles. The second kappa shape index (κ2) is 6.30. The van der Waals surface area contributed by atoms with Gasteiger partial charge >= 0.3 is 0 Å². The second-order valence-corrected chi connectivity index (χ2v) is 6.91. The zero-order valence-electron chi connectivity index (χ0n) is 11.4. The number of aryl methyl sites for hydroxylation is 1. The molecule has 0 spiro atoms. The van der Waals surface area contributed by atoms with Crippen LogP contribution in [0.25, 0.3) is 0 Å². The zero-order chi connectivity index (χ0) is 13.8. The molecular weight excluding hydrogens is 276 g/mol. The van der Waals surface area contributed by atoms with Gasteiger partial charge in [-0.1, -0.05) is 20.8 Å². The van der Waals surface area contributed by atoms with E-state index in [2.05, 4.69) is 31.1 Å². The van der Waals surface area contributed by atoms with Gasteiger partial charge in [0.25, 0.3) is 5.91 Å². The maximum Gasteiger partial charge on any atom is 0.258 e. The number of carbonyl (C=O) groups excluding carboxylic acids is 1. The monoisotopic (exact) mass is 294 g/mol. The second-order valence-electron chi connectivity index (χ2n) is 4.79. The number of nitrogens with zero attached hydrogens (tertiary/aromatic N) is 1. The lowest BCUT2D eigenvalue weighted by Crippen LogP contribution is -2.12. The molecule has 0 saturated heterocycles. The maximum absolute atomic E-state index is 12.1. The Balaban J connectivity index is 2.05. The van der Waals surface area contributed by atoms with Gasteiger partial charge in [-0.3, -0.25) is 10.1 Å². The fourth-order valence-electron chi connectivity index (χ4n) is 1.84. The van der Waals surface area contributed by atoms with E-state index in [1.807, 2.05) is 17.6 Å². The lowest BCUT2D eigenvalue weighted by molar-refractivity contribution is 0.102.